The number of hydrogen-bond donors (Lipinski definition) is 3. The molecule has 4 rings (SSSR count). The van der Waals surface area contributed by atoms with Crippen molar-refractivity contribution >= 4 is 22.5 Å². The smallest absolute Gasteiger partial charge is 0.232 e. The third-order valence-corrected chi connectivity index (χ3v) is 4.46. The van der Waals surface area contributed by atoms with Gasteiger partial charge in [0.2, 0.25) is 5.91 Å². The average molecular weight is 306 g/mol. The number of nitrogens with one attached hydrogen (secondary N) is 3. The molecule has 0 bridgehead atoms. The maximum atomic E-state index is 12.6. The van der Waals surface area contributed by atoms with Crippen LogP contribution >= 0.6 is 0 Å². The lowest BCUT2D eigenvalue weighted by Gasteiger charge is -2.13. The molecule has 1 aliphatic rings. The standard InChI is InChI=1S/C18H18N4O/c1-11(13-7-6-12-4-2-3-5-14(12)8-13)18(23)20-17-15-9-19-10-16(15)21-22-17/h2-8,11,19H,9-10H2,1H3,(H2,20,21,22,23). The van der Waals surface area contributed by atoms with Crippen LogP contribution in [-0.2, 0) is 17.9 Å². The summed E-state index contributed by atoms with van der Waals surface area (Å²) < 4.78 is 0. The molecule has 5 heteroatoms. The number of aromatic amines is 1. The number of anilines is 1. The van der Waals surface area contributed by atoms with Crippen molar-refractivity contribution < 1.29 is 4.79 Å². The number of rotatable bonds is 3. The Morgan fingerprint density at radius 2 is 2.00 bits per heavy atom. The van der Waals surface area contributed by atoms with Crippen LogP contribution in [0.25, 0.3) is 10.8 Å². The van der Waals surface area contributed by atoms with Gasteiger partial charge in [0.25, 0.3) is 0 Å². The number of carbonyl (C=O) groups excluding carboxylic acids is 1. The third kappa shape index (κ3) is 2.49. The minimum atomic E-state index is -0.235. The molecule has 0 spiro atoms. The fourth-order valence-electron chi connectivity index (χ4n) is 3.01. The van der Waals surface area contributed by atoms with Gasteiger partial charge >= 0.3 is 0 Å². The van der Waals surface area contributed by atoms with Crippen molar-refractivity contribution in [3.63, 3.8) is 0 Å². The van der Waals surface area contributed by atoms with Gasteiger partial charge in [0.15, 0.2) is 5.82 Å². The van der Waals surface area contributed by atoms with Gasteiger partial charge in [-0.2, -0.15) is 5.10 Å². The van der Waals surface area contributed by atoms with Gasteiger partial charge in [0, 0.05) is 18.7 Å². The van der Waals surface area contributed by atoms with Gasteiger partial charge in [-0.3, -0.25) is 9.89 Å². The molecule has 1 aliphatic heterocycles. The summed E-state index contributed by atoms with van der Waals surface area (Å²) in [6.45, 7) is 3.44. The van der Waals surface area contributed by atoms with Crippen LogP contribution in [0, 0.1) is 0 Å². The van der Waals surface area contributed by atoms with Gasteiger partial charge in [-0.25, -0.2) is 0 Å². The molecule has 0 saturated carbocycles. The van der Waals surface area contributed by atoms with Crippen molar-refractivity contribution in [2.24, 2.45) is 0 Å². The Morgan fingerprint density at radius 1 is 1.17 bits per heavy atom. The highest BCUT2D eigenvalue weighted by Crippen LogP contribution is 2.25. The zero-order chi connectivity index (χ0) is 15.8. The number of H-pyrrole nitrogens is 1. The molecule has 23 heavy (non-hydrogen) atoms. The van der Waals surface area contributed by atoms with Crippen LogP contribution in [0.1, 0.15) is 29.7 Å². The van der Waals surface area contributed by atoms with Gasteiger partial charge in [0.1, 0.15) is 0 Å². The molecule has 1 unspecified atom stereocenters. The van der Waals surface area contributed by atoms with E-state index in [1.807, 2.05) is 25.1 Å². The lowest BCUT2D eigenvalue weighted by molar-refractivity contribution is -0.117. The number of fused-ring (bicyclic) bond motifs is 2. The van der Waals surface area contributed by atoms with Crippen LogP contribution in [0.3, 0.4) is 0 Å². The topological polar surface area (TPSA) is 69.8 Å². The van der Waals surface area contributed by atoms with E-state index in [9.17, 15) is 4.79 Å². The van der Waals surface area contributed by atoms with Crippen molar-refractivity contribution in [1.82, 2.24) is 15.5 Å². The Kier molecular flexibility index (Phi) is 3.35. The summed E-state index contributed by atoms with van der Waals surface area (Å²) in [6, 6.07) is 14.3. The number of benzene rings is 2. The van der Waals surface area contributed by atoms with Gasteiger partial charge in [0.05, 0.1) is 11.6 Å². The zero-order valence-corrected chi connectivity index (χ0v) is 12.9. The SMILES string of the molecule is CC(C(=O)Nc1n[nH]c2c1CNC2)c1ccc2ccccc2c1. The summed E-state index contributed by atoms with van der Waals surface area (Å²) in [7, 11) is 0. The van der Waals surface area contributed by atoms with Crippen LogP contribution in [-0.4, -0.2) is 16.1 Å². The molecule has 1 aromatic heterocycles. The minimum Gasteiger partial charge on any atom is -0.308 e. The Morgan fingerprint density at radius 3 is 2.87 bits per heavy atom. The monoisotopic (exact) mass is 306 g/mol. The molecule has 0 fully saturated rings. The van der Waals surface area contributed by atoms with Crippen LogP contribution in [0.5, 0.6) is 0 Å². The lowest BCUT2D eigenvalue weighted by Crippen LogP contribution is -2.20. The average Bonchev–Trinajstić information content (AvgIpc) is 3.18. The summed E-state index contributed by atoms with van der Waals surface area (Å²) in [6.07, 6.45) is 0. The predicted octanol–water partition coefficient (Wildman–Crippen LogP) is 2.91. The second-order valence-electron chi connectivity index (χ2n) is 5.95. The van der Waals surface area contributed by atoms with E-state index < -0.39 is 0 Å². The molecule has 116 valence electrons. The Hall–Kier alpha value is -2.66. The van der Waals surface area contributed by atoms with E-state index in [2.05, 4.69) is 45.1 Å². The number of nitrogens with zero attached hydrogens (tertiary/aromatic N) is 1. The molecular formula is C18H18N4O. The molecule has 0 aliphatic carbocycles. The predicted molar refractivity (Wildman–Crippen MR) is 90.1 cm³/mol. The third-order valence-electron chi connectivity index (χ3n) is 4.46. The maximum Gasteiger partial charge on any atom is 0.232 e. The Bertz CT molecular complexity index is 884. The lowest BCUT2D eigenvalue weighted by atomic mass is 9.97. The maximum absolute atomic E-state index is 12.6. The first-order valence-electron chi connectivity index (χ1n) is 7.79. The van der Waals surface area contributed by atoms with Crippen molar-refractivity contribution in [3.05, 3.63) is 59.3 Å². The molecule has 0 saturated heterocycles. The summed E-state index contributed by atoms with van der Waals surface area (Å²) in [5.41, 5.74) is 3.12. The molecule has 5 nitrogen and oxygen atoms in total. The quantitative estimate of drug-likeness (QED) is 0.697. The highest BCUT2D eigenvalue weighted by molar-refractivity contribution is 5.96. The molecule has 3 N–H and O–H groups in total. The van der Waals surface area contributed by atoms with Crippen molar-refractivity contribution in [1.29, 1.82) is 0 Å². The molecule has 3 aromatic rings. The summed E-state index contributed by atoms with van der Waals surface area (Å²) >= 11 is 0. The summed E-state index contributed by atoms with van der Waals surface area (Å²) in [5.74, 6) is 0.366. The van der Waals surface area contributed by atoms with E-state index in [0.717, 1.165) is 35.3 Å². The highest BCUT2D eigenvalue weighted by atomic mass is 16.1. The molecule has 0 radical (unpaired) electrons. The van der Waals surface area contributed by atoms with Gasteiger partial charge in [-0.15, -0.1) is 0 Å². The van der Waals surface area contributed by atoms with Gasteiger partial charge in [-0.05, 0) is 23.3 Å². The zero-order valence-electron chi connectivity index (χ0n) is 12.9. The molecule has 2 heterocycles. The van der Waals surface area contributed by atoms with Gasteiger partial charge in [-0.1, -0.05) is 42.5 Å². The Balaban J connectivity index is 1.57. The van der Waals surface area contributed by atoms with E-state index in [0.29, 0.717) is 5.82 Å². The van der Waals surface area contributed by atoms with Crippen molar-refractivity contribution in [2.45, 2.75) is 25.9 Å². The van der Waals surface area contributed by atoms with E-state index in [1.165, 1.54) is 5.39 Å². The largest absolute Gasteiger partial charge is 0.308 e. The fraction of sp³-hybridized carbons (Fsp3) is 0.222. The number of amides is 1. The van der Waals surface area contributed by atoms with Gasteiger partial charge < -0.3 is 10.6 Å². The Labute approximate surface area is 134 Å². The fourth-order valence-corrected chi connectivity index (χ4v) is 3.01. The minimum absolute atomic E-state index is 0.0403. The highest BCUT2D eigenvalue weighted by Gasteiger charge is 2.22. The van der Waals surface area contributed by atoms with E-state index in [4.69, 9.17) is 0 Å². The summed E-state index contributed by atoms with van der Waals surface area (Å²) in [5, 5.41) is 15.7. The van der Waals surface area contributed by atoms with Crippen LogP contribution < -0.4 is 10.6 Å². The first-order valence-corrected chi connectivity index (χ1v) is 7.79. The molecule has 1 atom stereocenters. The second kappa shape index (κ2) is 5.52. The summed E-state index contributed by atoms with van der Waals surface area (Å²) in [4.78, 5) is 12.6. The first kappa shape index (κ1) is 14.0. The van der Waals surface area contributed by atoms with E-state index >= 15 is 0 Å². The van der Waals surface area contributed by atoms with Crippen LogP contribution in [0.15, 0.2) is 42.5 Å². The molecular weight excluding hydrogens is 288 g/mol. The van der Waals surface area contributed by atoms with E-state index in [-0.39, 0.29) is 11.8 Å². The van der Waals surface area contributed by atoms with Crippen molar-refractivity contribution in [3.8, 4) is 0 Å². The normalized spacial score (nSPS) is 14.7. The molecule has 1 amide bonds. The first-order chi connectivity index (χ1) is 11.2. The molecule has 2 aromatic carbocycles. The van der Waals surface area contributed by atoms with Crippen LogP contribution in [0.2, 0.25) is 0 Å². The number of carbonyl (C=O) groups is 1. The van der Waals surface area contributed by atoms with Crippen molar-refractivity contribution in [2.75, 3.05) is 5.32 Å². The van der Waals surface area contributed by atoms with E-state index in [1.54, 1.807) is 0 Å². The number of hydrogen-bond acceptors (Lipinski definition) is 3. The van der Waals surface area contributed by atoms with Crippen LogP contribution in [0.4, 0.5) is 5.82 Å². The second-order valence-corrected chi connectivity index (χ2v) is 5.95. The number of aromatic nitrogens is 2.